The second-order valence-corrected chi connectivity index (χ2v) is 6.87. The molecule has 6 nitrogen and oxygen atoms in total. The summed E-state index contributed by atoms with van der Waals surface area (Å²) in [6, 6.07) is 8.78. The number of aliphatic imine (C=N–C) groups is 1. The fraction of sp³-hybridized carbons (Fsp3) is 0.650. The van der Waals surface area contributed by atoms with Crippen LogP contribution in [0, 0.1) is 0 Å². The summed E-state index contributed by atoms with van der Waals surface area (Å²) >= 11 is 0. The quantitative estimate of drug-likeness (QED) is 0.372. The molecule has 0 aliphatic carbocycles. The van der Waals surface area contributed by atoms with Crippen LogP contribution in [-0.4, -0.2) is 82.8 Å². The molecule has 2 rings (SSSR count). The Balaban J connectivity index is 1.59. The van der Waals surface area contributed by atoms with Crippen LogP contribution >= 0.6 is 0 Å². The van der Waals surface area contributed by atoms with Crippen LogP contribution in [0.15, 0.2) is 29.3 Å². The largest absolute Gasteiger partial charge is 0.385 e. The zero-order valence-electron chi connectivity index (χ0n) is 16.6. The molecule has 0 bridgehead atoms. The standard InChI is InChI=1S/C20H35N5O/c1-21-20(22-10-14-24(2)12-6-16-26-3)23-11-15-25-13-9-18-7-4-5-8-19(18)17-25/h4-5,7-8H,6,9-17H2,1-3H3,(H2,21,22,23). The van der Waals surface area contributed by atoms with Crippen LogP contribution in [0.2, 0.25) is 0 Å². The molecule has 1 aliphatic rings. The summed E-state index contributed by atoms with van der Waals surface area (Å²) in [5.41, 5.74) is 2.97. The van der Waals surface area contributed by atoms with E-state index in [1.54, 1.807) is 7.11 Å². The van der Waals surface area contributed by atoms with Crippen molar-refractivity contribution in [2.24, 2.45) is 4.99 Å². The van der Waals surface area contributed by atoms with Gasteiger partial charge in [0.15, 0.2) is 5.96 Å². The fourth-order valence-corrected chi connectivity index (χ4v) is 3.25. The lowest BCUT2D eigenvalue weighted by atomic mass is 10.00. The summed E-state index contributed by atoms with van der Waals surface area (Å²) in [4.78, 5) is 9.13. The maximum atomic E-state index is 5.09. The van der Waals surface area contributed by atoms with Crippen molar-refractivity contribution < 1.29 is 4.74 Å². The molecule has 1 aromatic carbocycles. The summed E-state index contributed by atoms with van der Waals surface area (Å²) < 4.78 is 5.09. The summed E-state index contributed by atoms with van der Waals surface area (Å²) in [5, 5.41) is 6.82. The van der Waals surface area contributed by atoms with E-state index in [2.05, 4.69) is 56.7 Å². The van der Waals surface area contributed by atoms with Gasteiger partial charge in [-0.15, -0.1) is 0 Å². The van der Waals surface area contributed by atoms with E-state index in [4.69, 9.17) is 4.74 Å². The van der Waals surface area contributed by atoms with Gasteiger partial charge >= 0.3 is 0 Å². The molecule has 26 heavy (non-hydrogen) atoms. The highest BCUT2D eigenvalue weighted by Crippen LogP contribution is 2.17. The minimum atomic E-state index is 0.821. The second-order valence-electron chi connectivity index (χ2n) is 6.87. The van der Waals surface area contributed by atoms with Crippen molar-refractivity contribution in [2.45, 2.75) is 19.4 Å². The van der Waals surface area contributed by atoms with Crippen molar-refractivity contribution in [3.63, 3.8) is 0 Å². The van der Waals surface area contributed by atoms with Crippen molar-refractivity contribution in [1.29, 1.82) is 0 Å². The molecule has 1 aliphatic heterocycles. The first-order valence-electron chi connectivity index (χ1n) is 9.64. The Hall–Kier alpha value is -1.63. The van der Waals surface area contributed by atoms with Gasteiger partial charge in [0.25, 0.3) is 0 Å². The van der Waals surface area contributed by atoms with Gasteiger partial charge in [-0.3, -0.25) is 9.89 Å². The zero-order valence-corrected chi connectivity index (χ0v) is 16.6. The van der Waals surface area contributed by atoms with Gasteiger partial charge in [-0.05, 0) is 31.0 Å². The van der Waals surface area contributed by atoms with Crippen molar-refractivity contribution >= 4 is 5.96 Å². The average molecular weight is 362 g/mol. The molecule has 0 saturated carbocycles. The Morgan fingerprint density at radius 3 is 2.73 bits per heavy atom. The Kier molecular flexibility index (Phi) is 9.45. The van der Waals surface area contributed by atoms with Crippen molar-refractivity contribution in [1.82, 2.24) is 20.4 Å². The van der Waals surface area contributed by atoms with E-state index >= 15 is 0 Å². The Morgan fingerprint density at radius 2 is 1.96 bits per heavy atom. The first-order valence-corrected chi connectivity index (χ1v) is 9.64. The highest BCUT2D eigenvalue weighted by molar-refractivity contribution is 5.79. The topological polar surface area (TPSA) is 52.1 Å². The lowest BCUT2D eigenvalue weighted by molar-refractivity contribution is 0.180. The Morgan fingerprint density at radius 1 is 1.19 bits per heavy atom. The lowest BCUT2D eigenvalue weighted by Crippen LogP contribution is -2.44. The van der Waals surface area contributed by atoms with E-state index in [1.807, 2.05) is 7.05 Å². The van der Waals surface area contributed by atoms with Gasteiger partial charge in [0.1, 0.15) is 0 Å². The van der Waals surface area contributed by atoms with Gasteiger partial charge in [-0.2, -0.15) is 0 Å². The summed E-state index contributed by atoms with van der Waals surface area (Å²) in [6.45, 7) is 7.89. The van der Waals surface area contributed by atoms with E-state index in [-0.39, 0.29) is 0 Å². The number of nitrogens with one attached hydrogen (secondary N) is 2. The molecule has 0 saturated heterocycles. The smallest absolute Gasteiger partial charge is 0.191 e. The SMILES string of the molecule is CN=C(NCCN(C)CCCOC)NCCN1CCc2ccccc2C1. The van der Waals surface area contributed by atoms with Gasteiger partial charge in [0, 0.05) is 66.6 Å². The summed E-state index contributed by atoms with van der Waals surface area (Å²) in [7, 11) is 5.72. The first kappa shape index (κ1) is 20.7. The molecule has 0 spiro atoms. The van der Waals surface area contributed by atoms with E-state index in [9.17, 15) is 0 Å². The van der Waals surface area contributed by atoms with Gasteiger partial charge in [-0.1, -0.05) is 24.3 Å². The molecule has 0 fully saturated rings. The third-order valence-electron chi connectivity index (χ3n) is 4.83. The lowest BCUT2D eigenvalue weighted by Gasteiger charge is -2.29. The van der Waals surface area contributed by atoms with E-state index in [0.29, 0.717) is 0 Å². The van der Waals surface area contributed by atoms with E-state index in [0.717, 1.165) is 71.2 Å². The summed E-state index contributed by atoms with van der Waals surface area (Å²) in [5.74, 6) is 0.882. The number of guanidine groups is 1. The van der Waals surface area contributed by atoms with Crippen molar-refractivity contribution in [3.8, 4) is 0 Å². The molecule has 1 aromatic rings. The molecular weight excluding hydrogens is 326 g/mol. The molecule has 0 radical (unpaired) electrons. The number of likely N-dealkylation sites (N-methyl/N-ethyl adjacent to an activating group) is 1. The molecular formula is C20H35N5O. The highest BCUT2D eigenvalue weighted by Gasteiger charge is 2.14. The maximum Gasteiger partial charge on any atom is 0.191 e. The third-order valence-corrected chi connectivity index (χ3v) is 4.83. The van der Waals surface area contributed by atoms with Crippen LogP contribution in [0.3, 0.4) is 0 Å². The zero-order chi connectivity index (χ0) is 18.6. The van der Waals surface area contributed by atoms with Gasteiger partial charge < -0.3 is 20.3 Å². The van der Waals surface area contributed by atoms with E-state index in [1.165, 1.54) is 11.1 Å². The van der Waals surface area contributed by atoms with Crippen LogP contribution in [-0.2, 0) is 17.7 Å². The number of ether oxygens (including phenoxy) is 1. The van der Waals surface area contributed by atoms with Gasteiger partial charge in [-0.25, -0.2) is 0 Å². The van der Waals surface area contributed by atoms with Crippen LogP contribution in [0.25, 0.3) is 0 Å². The predicted molar refractivity (Wildman–Crippen MR) is 109 cm³/mol. The summed E-state index contributed by atoms with van der Waals surface area (Å²) in [6.07, 6.45) is 2.22. The maximum absolute atomic E-state index is 5.09. The monoisotopic (exact) mass is 361 g/mol. The van der Waals surface area contributed by atoms with Gasteiger partial charge in [0.05, 0.1) is 0 Å². The number of nitrogens with zero attached hydrogens (tertiary/aromatic N) is 3. The Bertz CT molecular complexity index is 549. The molecule has 6 heteroatoms. The minimum absolute atomic E-state index is 0.821. The molecule has 0 aromatic heterocycles. The number of fused-ring (bicyclic) bond motifs is 1. The highest BCUT2D eigenvalue weighted by atomic mass is 16.5. The second kappa shape index (κ2) is 11.9. The van der Waals surface area contributed by atoms with Gasteiger partial charge in [0.2, 0.25) is 0 Å². The van der Waals surface area contributed by atoms with E-state index < -0.39 is 0 Å². The van der Waals surface area contributed by atoms with Crippen LogP contribution in [0.5, 0.6) is 0 Å². The number of hydrogen-bond donors (Lipinski definition) is 2. The van der Waals surface area contributed by atoms with Crippen LogP contribution in [0.1, 0.15) is 17.5 Å². The molecule has 146 valence electrons. The normalized spacial score (nSPS) is 15.2. The van der Waals surface area contributed by atoms with Crippen molar-refractivity contribution in [3.05, 3.63) is 35.4 Å². The first-order chi connectivity index (χ1) is 12.7. The van der Waals surface area contributed by atoms with Crippen LogP contribution in [0.4, 0.5) is 0 Å². The fourth-order valence-electron chi connectivity index (χ4n) is 3.25. The number of benzene rings is 1. The number of hydrogen-bond acceptors (Lipinski definition) is 4. The average Bonchev–Trinajstić information content (AvgIpc) is 2.67. The molecule has 2 N–H and O–H groups in total. The Labute approximate surface area is 158 Å². The predicted octanol–water partition coefficient (Wildman–Crippen LogP) is 1.18. The van der Waals surface area contributed by atoms with Crippen LogP contribution < -0.4 is 10.6 Å². The number of rotatable bonds is 10. The molecule has 0 atom stereocenters. The molecule has 1 heterocycles. The molecule has 0 amide bonds. The minimum Gasteiger partial charge on any atom is -0.385 e. The number of methoxy groups -OCH3 is 1. The third kappa shape index (κ3) is 7.32. The van der Waals surface area contributed by atoms with Crippen molar-refractivity contribution in [2.75, 3.05) is 67.1 Å². The molecule has 0 unspecified atom stereocenters.